The van der Waals surface area contributed by atoms with Crippen molar-refractivity contribution in [3.8, 4) is 0 Å². The molecule has 1 aliphatic carbocycles. The second-order valence-corrected chi connectivity index (χ2v) is 29.6. The number of allylic oxidation sites excluding steroid dienone is 2. The first-order valence-corrected chi connectivity index (χ1v) is 33.2. The van der Waals surface area contributed by atoms with Crippen LogP contribution in [0.25, 0.3) is 6.08 Å². The number of nitrogens with one attached hydrogen (secondary N) is 2. The fourth-order valence-electron chi connectivity index (χ4n) is 11.1. The molecule has 0 radical (unpaired) electrons. The number of aliphatic hydroxyl groups excluding tert-OH is 4. The van der Waals surface area contributed by atoms with Gasteiger partial charge in [0.2, 0.25) is 0 Å². The molecule has 20 atom stereocenters. The summed E-state index contributed by atoms with van der Waals surface area (Å²) in [5.41, 5.74) is 3.34. The summed E-state index contributed by atoms with van der Waals surface area (Å²) in [6.07, 6.45) is -11.7. The number of carbonyl (C=O) groups excluding carboxylic acids is 2. The first-order valence-electron chi connectivity index (χ1n) is 30.3. The minimum Gasteiger partial charge on any atom is -0.445 e. The molecule has 20 nitrogen and oxygen atoms in total. The van der Waals surface area contributed by atoms with Crippen LogP contribution >= 0.6 is 0 Å². The lowest BCUT2D eigenvalue weighted by Gasteiger charge is -2.50. The maximum atomic E-state index is 13.9. The maximum absolute atomic E-state index is 13.9. The summed E-state index contributed by atoms with van der Waals surface area (Å²) >= 11 is 0. The Morgan fingerprint density at radius 3 is 1.86 bits per heavy atom. The molecule has 5 aliphatic rings. The van der Waals surface area contributed by atoms with Gasteiger partial charge in [0.15, 0.2) is 33.5 Å². The lowest BCUT2D eigenvalue weighted by molar-refractivity contribution is -0.366. The SMILES string of the molecule is C[C@H]1[C@@H](O[C@H]2[C@@H](OCC=C/C=C/c3ccccc3)[C@H](O[C@@H]3[C@@H](O)[C@H](C)C[C@H](NC(=O)OCc4ccccc4)[C@H]3O[C@H]3O[C@@H]4COC(c5ccccc5)O[C@H]4[C@H](O)[C@H]3C)O[C@@H]2CO[Si](C)(C)C(C)(C)C)O[C@@H](CNC(=O)OCc2ccccc2)[C@@H](O)[C@@H]1O. The Balaban J connectivity index is 1.02. The summed E-state index contributed by atoms with van der Waals surface area (Å²) in [4.78, 5) is 26.9. The summed E-state index contributed by atoms with van der Waals surface area (Å²) in [6, 6.07) is 36.8. The number of hydrogen-bond acceptors (Lipinski definition) is 18. The van der Waals surface area contributed by atoms with Crippen molar-refractivity contribution < 1.29 is 86.5 Å². The Kier molecular flexibility index (Phi) is 23.0. The van der Waals surface area contributed by atoms with Crippen molar-refractivity contribution in [3.63, 3.8) is 0 Å². The van der Waals surface area contributed by atoms with Gasteiger partial charge in [0.05, 0.1) is 44.2 Å². The highest BCUT2D eigenvalue weighted by atomic mass is 28.4. The van der Waals surface area contributed by atoms with Gasteiger partial charge in [-0.1, -0.05) is 187 Å². The fourth-order valence-corrected chi connectivity index (χ4v) is 12.1. The third-order valence-electron chi connectivity index (χ3n) is 17.5. The molecule has 4 saturated heterocycles. The smallest absolute Gasteiger partial charge is 0.407 e. The van der Waals surface area contributed by atoms with Crippen LogP contribution in [0.3, 0.4) is 0 Å². The molecule has 4 aromatic carbocycles. The third-order valence-corrected chi connectivity index (χ3v) is 22.0. The average molecular weight is 1230 g/mol. The van der Waals surface area contributed by atoms with E-state index < -0.39 is 143 Å². The normalized spacial score (nSPS) is 33.9. The zero-order valence-electron chi connectivity index (χ0n) is 50.9. The molecule has 2 amide bonds. The van der Waals surface area contributed by atoms with E-state index in [4.69, 9.17) is 56.5 Å². The Morgan fingerprint density at radius 1 is 0.632 bits per heavy atom. The summed E-state index contributed by atoms with van der Waals surface area (Å²) in [5, 5.41) is 53.1. The predicted molar refractivity (Wildman–Crippen MR) is 322 cm³/mol. The second kappa shape index (κ2) is 30.4. The van der Waals surface area contributed by atoms with E-state index in [2.05, 4.69) is 44.5 Å². The molecule has 4 heterocycles. The zero-order chi connectivity index (χ0) is 61.8. The van der Waals surface area contributed by atoms with Crippen molar-refractivity contribution in [1.82, 2.24) is 10.6 Å². The van der Waals surface area contributed by atoms with Gasteiger partial charge in [-0.15, -0.1) is 0 Å². The van der Waals surface area contributed by atoms with Gasteiger partial charge in [-0.05, 0) is 47.2 Å². The number of fused-ring (bicyclic) bond motifs is 1. The third kappa shape index (κ3) is 17.1. The molecule has 0 aromatic heterocycles. The van der Waals surface area contributed by atoms with Crippen LogP contribution in [0.2, 0.25) is 18.1 Å². The summed E-state index contributed by atoms with van der Waals surface area (Å²) in [6.45, 7) is 15.7. The van der Waals surface area contributed by atoms with Gasteiger partial charge in [-0.3, -0.25) is 0 Å². The van der Waals surface area contributed by atoms with E-state index in [1.165, 1.54) is 0 Å². The summed E-state index contributed by atoms with van der Waals surface area (Å²) in [5.74, 6) is -2.07. The monoisotopic (exact) mass is 1220 g/mol. The summed E-state index contributed by atoms with van der Waals surface area (Å²) in [7, 11) is -2.52. The Morgan fingerprint density at radius 2 is 1.21 bits per heavy atom. The number of alkyl carbamates (subject to hydrolysis) is 2. The van der Waals surface area contributed by atoms with E-state index in [0.717, 1.165) is 22.3 Å². The van der Waals surface area contributed by atoms with Gasteiger partial charge in [-0.2, -0.15) is 0 Å². The van der Waals surface area contributed by atoms with Gasteiger partial charge in [-0.25, -0.2) is 9.59 Å². The topological polar surface area (TPSA) is 250 Å². The van der Waals surface area contributed by atoms with Gasteiger partial charge >= 0.3 is 12.2 Å². The van der Waals surface area contributed by atoms with Gasteiger partial charge in [0, 0.05) is 23.9 Å². The molecule has 4 aliphatic heterocycles. The van der Waals surface area contributed by atoms with Gasteiger partial charge in [0.1, 0.15) is 68.1 Å². The molecular formula is C66H88N2O18Si. The number of ether oxygens (including phenoxy) is 11. The molecule has 0 spiro atoms. The number of hydrogen-bond donors (Lipinski definition) is 6. The van der Waals surface area contributed by atoms with Gasteiger partial charge < -0.3 is 87.6 Å². The first kappa shape index (κ1) is 66.0. The highest BCUT2D eigenvalue weighted by Crippen LogP contribution is 2.43. The Bertz CT molecular complexity index is 2820. The first-order chi connectivity index (χ1) is 41.7. The van der Waals surface area contributed by atoms with Crippen LogP contribution in [0.4, 0.5) is 9.59 Å². The van der Waals surface area contributed by atoms with Crippen LogP contribution in [0.15, 0.2) is 140 Å². The quantitative estimate of drug-likeness (QED) is 0.0321. The molecule has 1 unspecified atom stereocenters. The standard InChI is InChI=1S/C66H88N2O18Si/c1-40-34-47(68-65(74)78-37-45-29-18-11-19-30-45)55(83-61-42(3)53(71)56-49(81-61)38-76-62(84-56)46-31-21-12-22-32-46)58(51(40)69)86-63-59(75-33-23-13-20-26-43-24-14-9-15-25-43)57(50(82-63)39-79-87(7,8)66(4,5)6)85-60-41(2)52(70)54(72)48(80-60)35-67-64(73)77-36-44-27-16-10-17-28-44/h9-32,40-42,47-63,69-72H,33-39H2,1-8H3,(H,67,73)(H,68,74)/b23-13?,26-20+/t40-,41-,42-,47+,48+,49-,50-,51+,52-,53-,54-,55-,56-,57-,58-,59-,60-,61-,62?,63+/m1/s1. The molecule has 474 valence electrons. The van der Waals surface area contributed by atoms with Crippen LogP contribution in [-0.2, 0) is 69.7 Å². The molecule has 9 rings (SSSR count). The van der Waals surface area contributed by atoms with Crippen molar-refractivity contribution in [2.24, 2.45) is 17.8 Å². The van der Waals surface area contributed by atoms with E-state index in [1.54, 1.807) is 13.8 Å². The average Bonchev–Trinajstić information content (AvgIpc) is 1.93. The van der Waals surface area contributed by atoms with E-state index >= 15 is 0 Å². The van der Waals surface area contributed by atoms with Crippen molar-refractivity contribution in [3.05, 3.63) is 162 Å². The molecule has 5 fully saturated rings. The number of carbonyl (C=O) groups is 2. The molecule has 4 aromatic rings. The molecular weight excluding hydrogens is 1140 g/mol. The maximum Gasteiger partial charge on any atom is 0.407 e. The largest absolute Gasteiger partial charge is 0.445 e. The minimum atomic E-state index is -2.52. The molecule has 6 N–H and O–H groups in total. The lowest BCUT2D eigenvalue weighted by Crippen LogP contribution is -2.65. The minimum absolute atomic E-state index is 0.00682. The molecule has 87 heavy (non-hydrogen) atoms. The van der Waals surface area contributed by atoms with Crippen LogP contribution in [-0.4, -0.2) is 165 Å². The van der Waals surface area contributed by atoms with E-state index in [1.807, 2.05) is 153 Å². The van der Waals surface area contributed by atoms with E-state index in [-0.39, 0.29) is 51.0 Å². The van der Waals surface area contributed by atoms with Crippen molar-refractivity contribution in [2.75, 3.05) is 26.4 Å². The predicted octanol–water partition coefficient (Wildman–Crippen LogP) is 8.08. The summed E-state index contributed by atoms with van der Waals surface area (Å²) < 4.78 is 78.6. The number of aliphatic hydroxyl groups is 4. The van der Waals surface area contributed by atoms with E-state index in [0.29, 0.717) is 0 Å². The molecule has 0 bridgehead atoms. The van der Waals surface area contributed by atoms with Gasteiger partial charge in [0.25, 0.3) is 0 Å². The van der Waals surface area contributed by atoms with Crippen molar-refractivity contribution in [1.29, 1.82) is 0 Å². The van der Waals surface area contributed by atoms with Crippen LogP contribution < -0.4 is 10.6 Å². The van der Waals surface area contributed by atoms with Crippen LogP contribution in [0, 0.1) is 17.8 Å². The Labute approximate surface area is 511 Å². The molecule has 21 heteroatoms. The Hall–Kier alpha value is -5.44. The van der Waals surface area contributed by atoms with E-state index in [9.17, 15) is 30.0 Å². The van der Waals surface area contributed by atoms with Crippen molar-refractivity contribution in [2.45, 2.75) is 184 Å². The molecule has 1 saturated carbocycles. The fraction of sp³-hybridized carbons (Fsp3) is 0.545. The zero-order valence-corrected chi connectivity index (χ0v) is 51.9. The van der Waals surface area contributed by atoms with Crippen LogP contribution in [0.5, 0.6) is 0 Å². The number of benzene rings is 4. The highest BCUT2D eigenvalue weighted by molar-refractivity contribution is 6.74. The van der Waals surface area contributed by atoms with Crippen molar-refractivity contribution >= 4 is 26.6 Å². The lowest BCUT2D eigenvalue weighted by atomic mass is 9.80. The number of amides is 2. The highest BCUT2D eigenvalue weighted by Gasteiger charge is 2.57. The number of rotatable bonds is 22. The second-order valence-electron chi connectivity index (χ2n) is 24.8. The van der Waals surface area contributed by atoms with Crippen LogP contribution in [0.1, 0.15) is 76.5 Å².